The number of likely N-dealkylation sites (N-methyl/N-ethyl adjacent to an activating group) is 1. The van der Waals surface area contributed by atoms with Crippen molar-refractivity contribution in [3.05, 3.63) is 102 Å². The molecule has 0 aliphatic rings. The van der Waals surface area contributed by atoms with E-state index >= 15 is 0 Å². The quantitative estimate of drug-likeness (QED) is 0.602. The maximum Gasteiger partial charge on any atom is 0.227 e. The summed E-state index contributed by atoms with van der Waals surface area (Å²) < 4.78 is 5.20. The van der Waals surface area contributed by atoms with Crippen LogP contribution in [0.2, 0.25) is 0 Å². The lowest BCUT2D eigenvalue weighted by molar-refractivity contribution is -0.132. The number of nitrogens with zero attached hydrogens (tertiary/aromatic N) is 1. The van der Waals surface area contributed by atoms with Crippen LogP contribution >= 0.6 is 0 Å². The summed E-state index contributed by atoms with van der Waals surface area (Å²) in [6, 6.07) is 28.0. The summed E-state index contributed by atoms with van der Waals surface area (Å²) in [5.74, 6) is 0.908. The van der Waals surface area contributed by atoms with Crippen molar-refractivity contribution in [2.24, 2.45) is 0 Å². The number of carbonyl (C=O) groups excluding carboxylic acids is 1. The van der Waals surface area contributed by atoms with E-state index in [1.54, 1.807) is 7.11 Å². The van der Waals surface area contributed by atoms with Crippen molar-refractivity contribution in [3.8, 4) is 5.75 Å². The molecule has 0 radical (unpaired) electrons. The first-order chi connectivity index (χ1) is 13.2. The molecule has 0 saturated carbocycles. The SMILES string of the molecule is CCN(C(=O)Cc1ccc(OC)cc1)C(c1ccccc1)c1ccccc1. The smallest absolute Gasteiger partial charge is 0.227 e. The van der Waals surface area contributed by atoms with Gasteiger partial charge in [-0.15, -0.1) is 0 Å². The largest absolute Gasteiger partial charge is 0.497 e. The molecule has 138 valence electrons. The Balaban J connectivity index is 1.89. The van der Waals surface area contributed by atoms with Gasteiger partial charge in [-0.05, 0) is 35.7 Å². The summed E-state index contributed by atoms with van der Waals surface area (Å²) in [6.07, 6.45) is 0.369. The summed E-state index contributed by atoms with van der Waals surface area (Å²) in [6.45, 7) is 2.67. The molecule has 0 aliphatic carbocycles. The first kappa shape index (κ1) is 18.7. The van der Waals surface area contributed by atoms with E-state index in [4.69, 9.17) is 4.74 Å². The zero-order chi connectivity index (χ0) is 19.1. The lowest BCUT2D eigenvalue weighted by atomic mass is 9.96. The summed E-state index contributed by atoms with van der Waals surface area (Å²) in [5, 5.41) is 0. The second-order valence-electron chi connectivity index (χ2n) is 6.43. The fourth-order valence-electron chi connectivity index (χ4n) is 3.35. The van der Waals surface area contributed by atoms with Gasteiger partial charge in [0.2, 0.25) is 5.91 Å². The second kappa shape index (κ2) is 9.04. The average Bonchev–Trinajstić information content (AvgIpc) is 2.73. The molecule has 0 heterocycles. The third kappa shape index (κ3) is 4.56. The molecule has 27 heavy (non-hydrogen) atoms. The summed E-state index contributed by atoms with van der Waals surface area (Å²) in [4.78, 5) is 15.1. The standard InChI is InChI=1S/C24H25NO2/c1-3-25(23(26)18-19-14-16-22(27-2)17-15-19)24(20-10-6-4-7-11-20)21-12-8-5-9-13-21/h4-17,24H,3,18H2,1-2H3. The molecule has 0 atom stereocenters. The van der Waals surface area contributed by atoms with Crippen LogP contribution < -0.4 is 4.74 Å². The van der Waals surface area contributed by atoms with Gasteiger partial charge in [-0.2, -0.15) is 0 Å². The van der Waals surface area contributed by atoms with Gasteiger partial charge in [0.25, 0.3) is 0 Å². The average molecular weight is 359 g/mol. The highest BCUT2D eigenvalue weighted by Crippen LogP contribution is 2.29. The number of ether oxygens (including phenoxy) is 1. The minimum absolute atomic E-state index is 0.0943. The van der Waals surface area contributed by atoms with Crippen molar-refractivity contribution in [2.75, 3.05) is 13.7 Å². The van der Waals surface area contributed by atoms with E-state index < -0.39 is 0 Å². The third-order valence-electron chi connectivity index (χ3n) is 4.72. The summed E-state index contributed by atoms with van der Waals surface area (Å²) >= 11 is 0. The second-order valence-corrected chi connectivity index (χ2v) is 6.43. The lowest BCUT2D eigenvalue weighted by Gasteiger charge is -2.32. The predicted octanol–water partition coefficient (Wildman–Crippen LogP) is 4.88. The van der Waals surface area contributed by atoms with Crippen LogP contribution in [-0.2, 0) is 11.2 Å². The topological polar surface area (TPSA) is 29.5 Å². The fourth-order valence-corrected chi connectivity index (χ4v) is 3.35. The molecule has 1 amide bonds. The van der Waals surface area contributed by atoms with E-state index in [-0.39, 0.29) is 11.9 Å². The van der Waals surface area contributed by atoms with Gasteiger partial charge in [-0.25, -0.2) is 0 Å². The minimum Gasteiger partial charge on any atom is -0.497 e. The molecule has 3 aromatic rings. The van der Waals surface area contributed by atoms with Gasteiger partial charge in [0.15, 0.2) is 0 Å². The highest BCUT2D eigenvalue weighted by atomic mass is 16.5. The number of rotatable bonds is 7. The molecular formula is C24H25NO2. The van der Waals surface area contributed by atoms with Crippen LogP contribution in [0, 0.1) is 0 Å². The van der Waals surface area contributed by atoms with E-state index in [2.05, 4.69) is 24.3 Å². The van der Waals surface area contributed by atoms with Crippen molar-refractivity contribution in [1.82, 2.24) is 4.90 Å². The van der Waals surface area contributed by atoms with Gasteiger partial charge in [-0.3, -0.25) is 4.79 Å². The Labute approximate surface area is 161 Å². The predicted molar refractivity (Wildman–Crippen MR) is 109 cm³/mol. The molecule has 0 spiro atoms. The summed E-state index contributed by atoms with van der Waals surface area (Å²) in [7, 11) is 1.64. The molecule has 3 nitrogen and oxygen atoms in total. The van der Waals surface area contributed by atoms with Crippen LogP contribution in [0.15, 0.2) is 84.9 Å². The number of hydrogen-bond acceptors (Lipinski definition) is 2. The Morgan fingerprint density at radius 2 is 1.37 bits per heavy atom. The molecular weight excluding hydrogens is 334 g/mol. The Bertz CT molecular complexity index is 805. The van der Waals surface area contributed by atoms with E-state index in [1.165, 1.54) is 0 Å². The molecule has 3 aromatic carbocycles. The van der Waals surface area contributed by atoms with Gasteiger partial charge < -0.3 is 9.64 Å². The molecule has 0 aliphatic heterocycles. The maximum atomic E-state index is 13.2. The Kier molecular flexibility index (Phi) is 6.26. The van der Waals surface area contributed by atoms with E-state index in [1.807, 2.05) is 72.5 Å². The monoisotopic (exact) mass is 359 g/mol. The lowest BCUT2D eigenvalue weighted by Crippen LogP contribution is -2.36. The highest BCUT2D eigenvalue weighted by molar-refractivity contribution is 5.79. The van der Waals surface area contributed by atoms with Crippen molar-refractivity contribution >= 4 is 5.91 Å². The number of carbonyl (C=O) groups is 1. The third-order valence-corrected chi connectivity index (χ3v) is 4.72. The highest BCUT2D eigenvalue weighted by Gasteiger charge is 2.25. The van der Waals surface area contributed by atoms with Crippen molar-refractivity contribution < 1.29 is 9.53 Å². The van der Waals surface area contributed by atoms with Crippen molar-refractivity contribution in [2.45, 2.75) is 19.4 Å². The van der Waals surface area contributed by atoms with Crippen LogP contribution in [0.5, 0.6) is 5.75 Å². The van der Waals surface area contributed by atoms with E-state index in [0.717, 1.165) is 22.4 Å². The van der Waals surface area contributed by atoms with Gasteiger partial charge in [-0.1, -0.05) is 72.8 Å². The van der Waals surface area contributed by atoms with Crippen LogP contribution in [0.1, 0.15) is 29.7 Å². The van der Waals surface area contributed by atoms with Gasteiger partial charge >= 0.3 is 0 Å². The number of methoxy groups -OCH3 is 1. The van der Waals surface area contributed by atoms with Crippen LogP contribution in [-0.4, -0.2) is 24.5 Å². The van der Waals surface area contributed by atoms with Crippen LogP contribution in [0.25, 0.3) is 0 Å². The Morgan fingerprint density at radius 1 is 0.852 bits per heavy atom. The van der Waals surface area contributed by atoms with Crippen LogP contribution in [0.4, 0.5) is 0 Å². The zero-order valence-electron chi connectivity index (χ0n) is 15.8. The number of hydrogen-bond donors (Lipinski definition) is 0. The molecule has 0 aromatic heterocycles. The number of amides is 1. The Morgan fingerprint density at radius 3 is 1.81 bits per heavy atom. The number of benzene rings is 3. The van der Waals surface area contributed by atoms with Gasteiger partial charge in [0.1, 0.15) is 5.75 Å². The van der Waals surface area contributed by atoms with Crippen molar-refractivity contribution in [1.29, 1.82) is 0 Å². The molecule has 3 rings (SSSR count). The molecule has 0 unspecified atom stereocenters. The van der Waals surface area contributed by atoms with E-state index in [9.17, 15) is 4.79 Å². The molecule has 3 heteroatoms. The first-order valence-electron chi connectivity index (χ1n) is 9.25. The van der Waals surface area contributed by atoms with Crippen molar-refractivity contribution in [3.63, 3.8) is 0 Å². The molecule has 0 bridgehead atoms. The van der Waals surface area contributed by atoms with Gasteiger partial charge in [0.05, 0.1) is 19.6 Å². The first-order valence-corrected chi connectivity index (χ1v) is 9.25. The molecule has 0 saturated heterocycles. The van der Waals surface area contributed by atoms with Crippen LogP contribution in [0.3, 0.4) is 0 Å². The fraction of sp³-hybridized carbons (Fsp3) is 0.208. The summed E-state index contributed by atoms with van der Waals surface area (Å²) in [5.41, 5.74) is 3.22. The van der Waals surface area contributed by atoms with E-state index in [0.29, 0.717) is 13.0 Å². The Hall–Kier alpha value is -3.07. The molecule has 0 N–H and O–H groups in total. The zero-order valence-corrected chi connectivity index (χ0v) is 15.8. The minimum atomic E-state index is -0.0943. The van der Waals surface area contributed by atoms with Gasteiger partial charge in [0, 0.05) is 6.54 Å². The normalized spacial score (nSPS) is 10.6. The molecule has 0 fully saturated rings. The maximum absolute atomic E-state index is 13.2.